The molecule has 0 radical (unpaired) electrons. The summed E-state index contributed by atoms with van der Waals surface area (Å²) >= 11 is 3.06. The van der Waals surface area contributed by atoms with E-state index in [0.717, 1.165) is 12.1 Å². The molecule has 0 aliphatic heterocycles. The van der Waals surface area contributed by atoms with Crippen LogP contribution in [0.15, 0.2) is 22.7 Å². The zero-order valence-corrected chi connectivity index (χ0v) is 10.4. The Balaban J connectivity index is 2.90. The fourth-order valence-corrected chi connectivity index (χ4v) is 1.93. The Morgan fingerprint density at radius 2 is 1.76 bits per heavy atom. The van der Waals surface area contributed by atoms with Crippen LogP contribution in [0.25, 0.3) is 0 Å². The molecule has 0 aliphatic rings. The Bertz CT molecular complexity index is 375. The van der Waals surface area contributed by atoms with Crippen molar-refractivity contribution in [2.24, 2.45) is 5.92 Å². The van der Waals surface area contributed by atoms with Crippen molar-refractivity contribution in [2.75, 3.05) is 13.2 Å². The fourth-order valence-electron chi connectivity index (χ4n) is 1.39. The van der Waals surface area contributed by atoms with Crippen LogP contribution in [0.3, 0.4) is 0 Å². The maximum atomic E-state index is 12.4. The number of rotatable bonds is 4. The Morgan fingerprint density at radius 3 is 2.18 bits per heavy atom. The van der Waals surface area contributed by atoms with Gasteiger partial charge in [0.1, 0.15) is 0 Å². The molecule has 0 saturated carbocycles. The third kappa shape index (κ3) is 3.97. The largest absolute Gasteiger partial charge is 0.416 e. The Hall–Kier alpha value is -0.590. The molecule has 1 aromatic rings. The molecule has 0 bridgehead atoms. The molecule has 0 saturated heterocycles. The molecule has 17 heavy (non-hydrogen) atoms. The van der Waals surface area contributed by atoms with Crippen LogP contribution in [0.2, 0.25) is 0 Å². The van der Waals surface area contributed by atoms with Crippen molar-refractivity contribution in [2.45, 2.75) is 12.6 Å². The Morgan fingerprint density at radius 1 is 1.18 bits per heavy atom. The van der Waals surface area contributed by atoms with E-state index < -0.39 is 11.7 Å². The van der Waals surface area contributed by atoms with Crippen LogP contribution in [0.4, 0.5) is 13.2 Å². The average Bonchev–Trinajstić information content (AvgIpc) is 2.26. The minimum absolute atomic E-state index is 0.204. The van der Waals surface area contributed by atoms with Gasteiger partial charge in [0.25, 0.3) is 0 Å². The molecular formula is C11H12BrF3O2. The summed E-state index contributed by atoms with van der Waals surface area (Å²) in [5.74, 6) is -0.358. The summed E-state index contributed by atoms with van der Waals surface area (Å²) in [7, 11) is 0. The molecule has 0 aliphatic carbocycles. The number of benzene rings is 1. The zero-order chi connectivity index (χ0) is 13.1. The van der Waals surface area contributed by atoms with Gasteiger partial charge in [-0.05, 0) is 24.1 Å². The third-order valence-electron chi connectivity index (χ3n) is 2.41. The van der Waals surface area contributed by atoms with E-state index in [1.165, 1.54) is 6.07 Å². The first-order valence-electron chi connectivity index (χ1n) is 4.95. The fraction of sp³-hybridized carbons (Fsp3) is 0.455. The molecular weight excluding hydrogens is 301 g/mol. The maximum absolute atomic E-state index is 12.4. The van der Waals surface area contributed by atoms with Gasteiger partial charge in [-0.25, -0.2) is 0 Å². The third-order valence-corrected chi connectivity index (χ3v) is 3.14. The molecule has 2 nitrogen and oxygen atoms in total. The predicted octanol–water partition coefficient (Wildman–Crippen LogP) is 2.61. The van der Waals surface area contributed by atoms with Crippen molar-refractivity contribution in [3.63, 3.8) is 0 Å². The summed E-state index contributed by atoms with van der Waals surface area (Å²) in [6.07, 6.45) is -4.04. The molecule has 1 aromatic carbocycles. The number of alkyl halides is 3. The van der Waals surface area contributed by atoms with Gasteiger partial charge in [-0.15, -0.1) is 0 Å². The normalized spacial score (nSPS) is 12.2. The van der Waals surface area contributed by atoms with Crippen molar-refractivity contribution in [3.05, 3.63) is 33.8 Å². The van der Waals surface area contributed by atoms with Crippen LogP contribution in [0.1, 0.15) is 11.1 Å². The predicted molar refractivity (Wildman–Crippen MR) is 60.5 cm³/mol. The summed E-state index contributed by atoms with van der Waals surface area (Å²) in [6.45, 7) is -0.409. The maximum Gasteiger partial charge on any atom is 0.416 e. The summed E-state index contributed by atoms with van der Waals surface area (Å²) in [6, 6.07) is 3.35. The quantitative estimate of drug-likeness (QED) is 0.897. The highest BCUT2D eigenvalue weighted by Gasteiger charge is 2.30. The van der Waals surface area contributed by atoms with Gasteiger partial charge in [-0.1, -0.05) is 22.0 Å². The highest BCUT2D eigenvalue weighted by atomic mass is 79.9. The first-order chi connectivity index (χ1) is 7.88. The summed E-state index contributed by atoms with van der Waals surface area (Å²) in [5, 5.41) is 17.8. The number of hydrogen-bond donors (Lipinski definition) is 2. The second-order valence-corrected chi connectivity index (χ2v) is 4.59. The molecule has 0 aromatic heterocycles. The van der Waals surface area contributed by atoms with E-state index in [1.807, 2.05) is 0 Å². The topological polar surface area (TPSA) is 40.5 Å². The smallest absolute Gasteiger partial charge is 0.396 e. The summed E-state index contributed by atoms with van der Waals surface area (Å²) < 4.78 is 37.5. The van der Waals surface area contributed by atoms with E-state index in [2.05, 4.69) is 15.9 Å². The number of aliphatic hydroxyl groups excluding tert-OH is 2. The summed E-state index contributed by atoms with van der Waals surface area (Å²) in [5.41, 5.74) is -0.0937. The minimum atomic E-state index is -4.37. The highest BCUT2D eigenvalue weighted by molar-refractivity contribution is 9.10. The second-order valence-electron chi connectivity index (χ2n) is 3.74. The Labute approximate surface area is 105 Å². The number of halogens is 4. The van der Waals surface area contributed by atoms with E-state index in [0.29, 0.717) is 16.5 Å². The van der Waals surface area contributed by atoms with Crippen LogP contribution in [0, 0.1) is 5.92 Å². The van der Waals surface area contributed by atoms with Crippen molar-refractivity contribution >= 4 is 15.9 Å². The zero-order valence-electron chi connectivity index (χ0n) is 8.84. The lowest BCUT2D eigenvalue weighted by atomic mass is 10.00. The lowest BCUT2D eigenvalue weighted by molar-refractivity contribution is -0.137. The second kappa shape index (κ2) is 5.84. The van der Waals surface area contributed by atoms with Gasteiger partial charge in [-0.2, -0.15) is 13.2 Å². The average molecular weight is 313 g/mol. The minimum Gasteiger partial charge on any atom is -0.396 e. The standard InChI is InChI=1S/C11H12BrF3O2/c12-10-4-9(11(13,14)15)2-1-8(10)3-7(5-16)6-17/h1-2,4,7,16-17H,3,5-6H2. The van der Waals surface area contributed by atoms with Gasteiger partial charge in [-0.3, -0.25) is 0 Å². The molecule has 1 rings (SSSR count). The first-order valence-corrected chi connectivity index (χ1v) is 5.75. The van der Waals surface area contributed by atoms with E-state index >= 15 is 0 Å². The lowest BCUT2D eigenvalue weighted by Gasteiger charge is -2.14. The molecule has 0 amide bonds. The SMILES string of the molecule is OCC(CO)Cc1ccc(C(F)(F)F)cc1Br. The van der Waals surface area contributed by atoms with Gasteiger partial charge in [0, 0.05) is 23.6 Å². The molecule has 0 unspecified atom stereocenters. The monoisotopic (exact) mass is 312 g/mol. The number of aliphatic hydroxyl groups is 2. The van der Waals surface area contributed by atoms with Crippen molar-refractivity contribution in [1.29, 1.82) is 0 Å². The molecule has 0 spiro atoms. The summed E-state index contributed by atoms with van der Waals surface area (Å²) in [4.78, 5) is 0. The lowest BCUT2D eigenvalue weighted by Crippen LogP contribution is -2.14. The molecule has 6 heteroatoms. The van der Waals surface area contributed by atoms with E-state index in [9.17, 15) is 13.2 Å². The van der Waals surface area contributed by atoms with Gasteiger partial charge in [0.2, 0.25) is 0 Å². The van der Waals surface area contributed by atoms with Gasteiger partial charge in [0.05, 0.1) is 5.56 Å². The van der Waals surface area contributed by atoms with Crippen molar-refractivity contribution in [1.82, 2.24) is 0 Å². The van der Waals surface area contributed by atoms with Crippen molar-refractivity contribution in [3.8, 4) is 0 Å². The van der Waals surface area contributed by atoms with E-state index in [1.54, 1.807) is 0 Å². The van der Waals surface area contributed by atoms with Crippen LogP contribution in [-0.2, 0) is 12.6 Å². The number of hydrogen-bond acceptors (Lipinski definition) is 2. The molecule has 2 N–H and O–H groups in total. The highest BCUT2D eigenvalue weighted by Crippen LogP contribution is 2.32. The molecule has 0 fully saturated rings. The van der Waals surface area contributed by atoms with E-state index in [4.69, 9.17) is 10.2 Å². The molecule has 0 atom stereocenters. The molecule has 0 heterocycles. The first kappa shape index (κ1) is 14.5. The van der Waals surface area contributed by atoms with Gasteiger partial charge in [0.15, 0.2) is 0 Å². The molecule has 96 valence electrons. The van der Waals surface area contributed by atoms with E-state index in [-0.39, 0.29) is 19.1 Å². The van der Waals surface area contributed by atoms with Gasteiger partial charge >= 0.3 is 6.18 Å². The van der Waals surface area contributed by atoms with Crippen LogP contribution < -0.4 is 0 Å². The Kier molecular flexibility index (Phi) is 4.97. The van der Waals surface area contributed by atoms with Crippen LogP contribution in [0.5, 0.6) is 0 Å². The van der Waals surface area contributed by atoms with Crippen LogP contribution >= 0.6 is 15.9 Å². The van der Waals surface area contributed by atoms with Gasteiger partial charge < -0.3 is 10.2 Å². The van der Waals surface area contributed by atoms with Crippen molar-refractivity contribution < 1.29 is 23.4 Å². The van der Waals surface area contributed by atoms with Crippen LogP contribution in [-0.4, -0.2) is 23.4 Å².